The van der Waals surface area contributed by atoms with Gasteiger partial charge in [0.1, 0.15) is 5.76 Å². The number of aryl methyl sites for hydroxylation is 1. The Hall–Kier alpha value is -2.25. The Kier molecular flexibility index (Phi) is 5.55. The van der Waals surface area contributed by atoms with E-state index in [4.69, 9.17) is 9.26 Å². The lowest BCUT2D eigenvalue weighted by Crippen LogP contribution is -2.38. The summed E-state index contributed by atoms with van der Waals surface area (Å²) in [5, 5.41) is 6.55. The van der Waals surface area contributed by atoms with Crippen molar-refractivity contribution in [2.24, 2.45) is 0 Å². The fourth-order valence-corrected chi connectivity index (χ4v) is 2.79. The van der Waals surface area contributed by atoms with Crippen molar-refractivity contribution in [1.29, 1.82) is 0 Å². The van der Waals surface area contributed by atoms with Crippen molar-refractivity contribution in [2.45, 2.75) is 32.4 Å². The van der Waals surface area contributed by atoms with Gasteiger partial charge in [0.2, 0.25) is 5.91 Å². The highest BCUT2D eigenvalue weighted by atomic mass is 16.5. The number of amides is 1. The van der Waals surface area contributed by atoms with Crippen LogP contribution in [-0.4, -0.2) is 46.7 Å². The molecule has 7 heteroatoms. The number of aromatic nitrogens is 2. The third kappa shape index (κ3) is 4.87. The number of anilines is 1. The number of carbonyl (C=O) groups is 1. The fraction of sp³-hybridized carbons (Fsp3) is 0.471. The Labute approximate surface area is 141 Å². The van der Waals surface area contributed by atoms with E-state index in [1.807, 2.05) is 18.2 Å². The lowest BCUT2D eigenvalue weighted by atomic mass is 10.2. The first-order valence-electron chi connectivity index (χ1n) is 8.16. The van der Waals surface area contributed by atoms with Gasteiger partial charge in [-0.2, -0.15) is 0 Å². The summed E-state index contributed by atoms with van der Waals surface area (Å²) in [5.41, 5.74) is 0.931. The molecule has 1 N–H and O–H groups in total. The number of nitrogens with one attached hydrogen (secondary N) is 1. The van der Waals surface area contributed by atoms with Crippen molar-refractivity contribution in [3.63, 3.8) is 0 Å². The number of carbonyl (C=O) groups excluding carboxylic acids is 1. The van der Waals surface area contributed by atoms with Crippen LogP contribution >= 0.6 is 0 Å². The largest absolute Gasteiger partial charge is 0.377 e. The highest BCUT2D eigenvalue weighted by Gasteiger charge is 2.21. The van der Waals surface area contributed by atoms with Crippen LogP contribution < -0.4 is 5.32 Å². The number of rotatable bonds is 7. The lowest BCUT2D eigenvalue weighted by molar-refractivity contribution is -0.117. The molecule has 3 heterocycles. The van der Waals surface area contributed by atoms with Gasteiger partial charge in [-0.15, -0.1) is 0 Å². The summed E-state index contributed by atoms with van der Waals surface area (Å²) in [5.74, 6) is 0.972. The lowest BCUT2D eigenvalue weighted by Gasteiger charge is -2.24. The summed E-state index contributed by atoms with van der Waals surface area (Å²) in [4.78, 5) is 18.7. The quantitative estimate of drug-likeness (QED) is 0.836. The molecule has 2 aromatic heterocycles. The average molecular weight is 330 g/mol. The van der Waals surface area contributed by atoms with Crippen LogP contribution in [0.15, 0.2) is 35.0 Å². The predicted octanol–water partition coefficient (Wildman–Crippen LogP) is 2.00. The second-order valence-corrected chi connectivity index (χ2v) is 6.00. The topological polar surface area (TPSA) is 80.5 Å². The van der Waals surface area contributed by atoms with E-state index >= 15 is 0 Å². The zero-order chi connectivity index (χ0) is 16.8. The van der Waals surface area contributed by atoms with E-state index in [0.29, 0.717) is 24.7 Å². The van der Waals surface area contributed by atoms with E-state index in [1.165, 1.54) is 0 Å². The summed E-state index contributed by atoms with van der Waals surface area (Å²) in [6, 6.07) is 7.49. The van der Waals surface area contributed by atoms with Gasteiger partial charge in [-0.05, 0) is 31.9 Å². The molecule has 0 aliphatic carbocycles. The van der Waals surface area contributed by atoms with Crippen LogP contribution in [0.3, 0.4) is 0 Å². The summed E-state index contributed by atoms with van der Waals surface area (Å²) in [6.45, 7) is 4.15. The van der Waals surface area contributed by atoms with Crippen molar-refractivity contribution in [3.8, 4) is 0 Å². The smallest absolute Gasteiger partial charge is 0.239 e. The zero-order valence-electron chi connectivity index (χ0n) is 13.8. The predicted molar refractivity (Wildman–Crippen MR) is 88.4 cm³/mol. The fourth-order valence-electron chi connectivity index (χ4n) is 2.79. The molecular weight excluding hydrogens is 308 g/mol. The van der Waals surface area contributed by atoms with E-state index in [9.17, 15) is 4.79 Å². The Balaban J connectivity index is 1.60. The van der Waals surface area contributed by atoms with Gasteiger partial charge >= 0.3 is 0 Å². The molecule has 128 valence electrons. The number of hydrogen-bond donors (Lipinski definition) is 1. The number of pyridine rings is 1. The average Bonchev–Trinajstić information content (AvgIpc) is 3.20. The maximum atomic E-state index is 12.3. The molecule has 2 aromatic rings. The highest BCUT2D eigenvalue weighted by Crippen LogP contribution is 2.15. The van der Waals surface area contributed by atoms with Crippen LogP contribution in [0.1, 0.15) is 24.3 Å². The van der Waals surface area contributed by atoms with Gasteiger partial charge in [-0.3, -0.25) is 14.7 Å². The molecule has 1 saturated heterocycles. The van der Waals surface area contributed by atoms with Crippen LogP contribution in [0.2, 0.25) is 0 Å². The van der Waals surface area contributed by atoms with E-state index in [-0.39, 0.29) is 18.6 Å². The molecule has 1 unspecified atom stereocenters. The minimum atomic E-state index is -0.128. The molecule has 3 rings (SSSR count). The maximum Gasteiger partial charge on any atom is 0.239 e. The van der Waals surface area contributed by atoms with Crippen LogP contribution in [-0.2, 0) is 16.1 Å². The van der Waals surface area contributed by atoms with Crippen LogP contribution in [0.25, 0.3) is 0 Å². The van der Waals surface area contributed by atoms with Gasteiger partial charge in [0.25, 0.3) is 0 Å². The third-order valence-corrected chi connectivity index (χ3v) is 3.86. The molecule has 7 nitrogen and oxygen atoms in total. The maximum absolute atomic E-state index is 12.3. The standard InChI is InChI=1S/C17H22N4O3/c1-13-9-16(20-24-13)19-17(22)12-21(11-15-6-4-8-23-15)10-14-5-2-3-7-18-14/h2-3,5,7,9,15H,4,6,8,10-12H2,1H3,(H,19,20,22). The normalized spacial score (nSPS) is 17.3. The number of hydrogen-bond acceptors (Lipinski definition) is 6. The van der Waals surface area contributed by atoms with Crippen LogP contribution in [0.4, 0.5) is 5.82 Å². The zero-order valence-corrected chi connectivity index (χ0v) is 13.8. The number of ether oxygens (including phenoxy) is 1. The molecule has 0 bridgehead atoms. The first-order valence-corrected chi connectivity index (χ1v) is 8.16. The molecule has 1 fully saturated rings. The van der Waals surface area contributed by atoms with Crippen molar-refractivity contribution < 1.29 is 14.1 Å². The highest BCUT2D eigenvalue weighted by molar-refractivity contribution is 5.91. The first-order chi connectivity index (χ1) is 11.7. The molecule has 0 spiro atoms. The first kappa shape index (κ1) is 16.6. The molecule has 1 atom stereocenters. The van der Waals surface area contributed by atoms with Crippen molar-refractivity contribution in [1.82, 2.24) is 15.0 Å². The van der Waals surface area contributed by atoms with E-state index in [1.54, 1.807) is 19.2 Å². The van der Waals surface area contributed by atoms with Gasteiger partial charge in [0, 0.05) is 32.0 Å². The molecule has 0 aromatic carbocycles. The summed E-state index contributed by atoms with van der Waals surface area (Å²) >= 11 is 0. The molecule has 1 amide bonds. The molecule has 0 saturated carbocycles. The molecule has 24 heavy (non-hydrogen) atoms. The minimum Gasteiger partial charge on any atom is -0.377 e. The van der Waals surface area contributed by atoms with E-state index in [0.717, 1.165) is 25.1 Å². The van der Waals surface area contributed by atoms with Crippen molar-refractivity contribution in [3.05, 3.63) is 41.9 Å². The van der Waals surface area contributed by atoms with Crippen LogP contribution in [0.5, 0.6) is 0 Å². The third-order valence-electron chi connectivity index (χ3n) is 3.86. The van der Waals surface area contributed by atoms with Gasteiger partial charge in [0.15, 0.2) is 5.82 Å². The van der Waals surface area contributed by atoms with Gasteiger partial charge in [-0.1, -0.05) is 11.2 Å². The molecule has 1 aliphatic heterocycles. The molecular formula is C17H22N4O3. The number of nitrogens with zero attached hydrogens (tertiary/aromatic N) is 3. The van der Waals surface area contributed by atoms with Crippen molar-refractivity contribution >= 4 is 11.7 Å². The molecule has 0 radical (unpaired) electrons. The summed E-state index contributed by atoms with van der Waals surface area (Å²) < 4.78 is 10.7. The van der Waals surface area contributed by atoms with E-state index < -0.39 is 0 Å². The summed E-state index contributed by atoms with van der Waals surface area (Å²) in [7, 11) is 0. The Bertz CT molecular complexity index is 653. The minimum absolute atomic E-state index is 0.128. The Morgan fingerprint density at radius 3 is 3.04 bits per heavy atom. The Morgan fingerprint density at radius 2 is 2.38 bits per heavy atom. The van der Waals surface area contributed by atoms with Crippen molar-refractivity contribution in [2.75, 3.05) is 25.0 Å². The second kappa shape index (κ2) is 8.03. The van der Waals surface area contributed by atoms with Crippen LogP contribution in [0, 0.1) is 6.92 Å². The van der Waals surface area contributed by atoms with Gasteiger partial charge in [0.05, 0.1) is 18.3 Å². The second-order valence-electron chi connectivity index (χ2n) is 6.00. The Morgan fingerprint density at radius 1 is 1.46 bits per heavy atom. The molecule has 1 aliphatic rings. The summed E-state index contributed by atoms with van der Waals surface area (Å²) in [6.07, 6.45) is 4.04. The van der Waals surface area contributed by atoms with E-state index in [2.05, 4.69) is 20.4 Å². The monoisotopic (exact) mass is 330 g/mol. The SMILES string of the molecule is Cc1cc(NC(=O)CN(Cc2ccccn2)CC2CCCO2)no1. The van der Waals surface area contributed by atoms with Gasteiger partial charge < -0.3 is 14.6 Å². The van der Waals surface area contributed by atoms with Gasteiger partial charge in [-0.25, -0.2) is 0 Å².